The molecule has 1 aliphatic heterocycles. The van der Waals surface area contributed by atoms with E-state index in [1.807, 2.05) is 0 Å². The maximum atomic E-state index is 11.6. The van der Waals surface area contributed by atoms with Crippen molar-refractivity contribution in [2.75, 3.05) is 11.4 Å². The molecule has 2 rings (SSSR count). The number of alkyl halides is 1. The number of hydrogen-bond donors (Lipinski definition) is 0. The van der Waals surface area contributed by atoms with Gasteiger partial charge >= 0.3 is 0 Å². The molecule has 1 fully saturated rings. The third-order valence-corrected chi connectivity index (χ3v) is 2.94. The highest BCUT2D eigenvalue weighted by Gasteiger charge is 2.29. The van der Waals surface area contributed by atoms with Crippen LogP contribution in [0.25, 0.3) is 0 Å². The zero-order valence-corrected chi connectivity index (χ0v) is 9.48. The van der Waals surface area contributed by atoms with E-state index in [1.54, 1.807) is 17.2 Å². The van der Waals surface area contributed by atoms with Crippen LogP contribution in [-0.4, -0.2) is 28.5 Å². The normalized spacial score (nSPS) is 20.7. The summed E-state index contributed by atoms with van der Waals surface area (Å²) in [6.45, 7) is 0.601. The second-order valence-electron chi connectivity index (χ2n) is 3.36. The fraction of sp³-hybridized carbons (Fsp3) is 0.300. The summed E-state index contributed by atoms with van der Waals surface area (Å²) >= 11 is 3.40. The molecule has 5 heteroatoms. The molecule has 0 aliphatic carbocycles. The monoisotopic (exact) mass is 268 g/mol. The average Bonchev–Trinajstić information content (AvgIpc) is 2.57. The lowest BCUT2D eigenvalue weighted by Gasteiger charge is -2.17. The topological polar surface area (TPSA) is 50.3 Å². The van der Waals surface area contributed by atoms with E-state index in [1.165, 1.54) is 6.20 Å². The van der Waals surface area contributed by atoms with Gasteiger partial charge in [0.1, 0.15) is 0 Å². The summed E-state index contributed by atoms with van der Waals surface area (Å²) in [5, 5.41) is 0. The molecule has 1 atom stereocenters. The molecular weight excluding hydrogens is 260 g/mol. The van der Waals surface area contributed by atoms with Gasteiger partial charge in [0.2, 0.25) is 5.91 Å². The Bertz CT molecular complexity index is 408. The van der Waals surface area contributed by atoms with Crippen molar-refractivity contribution in [1.82, 2.24) is 4.98 Å². The number of anilines is 1. The second kappa shape index (κ2) is 4.10. The Morgan fingerprint density at radius 3 is 3.00 bits per heavy atom. The zero-order valence-electron chi connectivity index (χ0n) is 7.89. The van der Waals surface area contributed by atoms with Crippen molar-refractivity contribution in [3.05, 3.63) is 24.0 Å². The predicted molar refractivity (Wildman–Crippen MR) is 59.3 cm³/mol. The van der Waals surface area contributed by atoms with E-state index in [2.05, 4.69) is 20.9 Å². The molecule has 15 heavy (non-hydrogen) atoms. The highest BCUT2D eigenvalue weighted by Crippen LogP contribution is 2.26. The molecule has 0 spiro atoms. The van der Waals surface area contributed by atoms with E-state index in [0.717, 1.165) is 6.29 Å². The number of hydrogen-bond acceptors (Lipinski definition) is 3. The van der Waals surface area contributed by atoms with Gasteiger partial charge in [0, 0.05) is 30.2 Å². The Morgan fingerprint density at radius 1 is 1.60 bits per heavy atom. The van der Waals surface area contributed by atoms with Crippen LogP contribution in [-0.2, 0) is 4.79 Å². The van der Waals surface area contributed by atoms with Gasteiger partial charge in [0.25, 0.3) is 0 Å². The number of pyridine rings is 1. The molecule has 0 radical (unpaired) electrons. The second-order valence-corrected chi connectivity index (χ2v) is 4.65. The summed E-state index contributed by atoms with van der Waals surface area (Å²) in [5.74, 6) is 0.0335. The third-order valence-electron chi connectivity index (χ3n) is 2.32. The maximum Gasteiger partial charge on any atom is 0.228 e. The zero-order chi connectivity index (χ0) is 10.8. The molecule has 1 aromatic rings. The fourth-order valence-corrected chi connectivity index (χ4v) is 2.20. The number of rotatable bonds is 2. The number of carbonyl (C=O) groups excluding carboxylic acids is 2. The average molecular weight is 269 g/mol. The summed E-state index contributed by atoms with van der Waals surface area (Å²) in [6.07, 6.45) is 4.24. The quantitative estimate of drug-likeness (QED) is 0.602. The van der Waals surface area contributed by atoms with Crippen molar-refractivity contribution in [3.63, 3.8) is 0 Å². The fourth-order valence-electron chi connectivity index (χ4n) is 1.63. The SMILES string of the molecule is O=Cc1cnccc1N1CC(Br)CC1=O. The number of aldehydes is 1. The van der Waals surface area contributed by atoms with E-state index >= 15 is 0 Å². The molecular formula is C10H9BrN2O2. The summed E-state index contributed by atoms with van der Waals surface area (Å²) in [4.78, 5) is 28.0. The first-order chi connectivity index (χ1) is 7.22. The summed E-state index contributed by atoms with van der Waals surface area (Å²) in [5.41, 5.74) is 1.10. The van der Waals surface area contributed by atoms with Gasteiger partial charge in [-0.25, -0.2) is 0 Å². The molecule has 1 amide bonds. The largest absolute Gasteiger partial charge is 0.310 e. The van der Waals surface area contributed by atoms with Gasteiger partial charge < -0.3 is 4.90 Å². The minimum atomic E-state index is 0.0335. The molecule has 1 saturated heterocycles. The molecule has 78 valence electrons. The minimum absolute atomic E-state index is 0.0335. The Labute approximate surface area is 95.4 Å². The van der Waals surface area contributed by atoms with Crippen LogP contribution in [0.3, 0.4) is 0 Å². The predicted octanol–water partition coefficient (Wildman–Crippen LogP) is 1.39. The van der Waals surface area contributed by atoms with E-state index in [-0.39, 0.29) is 10.7 Å². The van der Waals surface area contributed by atoms with Crippen LogP contribution in [0.1, 0.15) is 16.8 Å². The summed E-state index contributed by atoms with van der Waals surface area (Å²) < 4.78 is 0. The van der Waals surface area contributed by atoms with Gasteiger partial charge in [-0.2, -0.15) is 0 Å². The molecule has 4 nitrogen and oxygen atoms in total. The summed E-state index contributed by atoms with van der Waals surface area (Å²) in [6, 6.07) is 1.69. The van der Waals surface area contributed by atoms with Gasteiger partial charge in [-0.1, -0.05) is 15.9 Å². The van der Waals surface area contributed by atoms with Gasteiger partial charge in [-0.3, -0.25) is 14.6 Å². The molecule has 2 heterocycles. The van der Waals surface area contributed by atoms with Crippen molar-refractivity contribution in [3.8, 4) is 0 Å². The number of aromatic nitrogens is 1. The van der Waals surface area contributed by atoms with Crippen molar-refractivity contribution in [2.24, 2.45) is 0 Å². The maximum absolute atomic E-state index is 11.6. The van der Waals surface area contributed by atoms with E-state index in [4.69, 9.17) is 0 Å². The van der Waals surface area contributed by atoms with Crippen molar-refractivity contribution < 1.29 is 9.59 Å². The van der Waals surface area contributed by atoms with Gasteiger partial charge in [-0.15, -0.1) is 0 Å². The van der Waals surface area contributed by atoms with Crippen LogP contribution in [0.15, 0.2) is 18.5 Å². The molecule has 0 aromatic carbocycles. The molecule has 1 aliphatic rings. The lowest BCUT2D eigenvalue weighted by Crippen LogP contribution is -2.25. The lowest BCUT2D eigenvalue weighted by atomic mass is 10.2. The smallest absolute Gasteiger partial charge is 0.228 e. The van der Waals surface area contributed by atoms with Crippen LogP contribution < -0.4 is 4.90 Å². The number of amides is 1. The highest BCUT2D eigenvalue weighted by atomic mass is 79.9. The standard InChI is InChI=1S/C10H9BrN2O2/c11-8-3-10(15)13(5-8)9-1-2-12-4-7(9)6-14/h1-2,4,6,8H,3,5H2. The Morgan fingerprint density at radius 2 is 2.40 bits per heavy atom. The van der Waals surface area contributed by atoms with E-state index in [0.29, 0.717) is 24.2 Å². The first-order valence-corrected chi connectivity index (χ1v) is 5.47. The number of carbonyl (C=O) groups is 2. The third kappa shape index (κ3) is 1.92. The van der Waals surface area contributed by atoms with Crippen LogP contribution in [0.4, 0.5) is 5.69 Å². The van der Waals surface area contributed by atoms with Gasteiger partial charge in [0.15, 0.2) is 6.29 Å². The van der Waals surface area contributed by atoms with Crippen LogP contribution in [0, 0.1) is 0 Å². The number of halogens is 1. The van der Waals surface area contributed by atoms with Crippen molar-refractivity contribution in [2.45, 2.75) is 11.2 Å². The summed E-state index contributed by atoms with van der Waals surface area (Å²) in [7, 11) is 0. The first kappa shape index (κ1) is 10.3. The Kier molecular flexibility index (Phi) is 2.81. The van der Waals surface area contributed by atoms with E-state index < -0.39 is 0 Å². The molecule has 0 saturated carbocycles. The molecule has 1 aromatic heterocycles. The van der Waals surface area contributed by atoms with Gasteiger partial charge in [-0.05, 0) is 6.07 Å². The first-order valence-electron chi connectivity index (χ1n) is 4.56. The molecule has 0 bridgehead atoms. The minimum Gasteiger partial charge on any atom is -0.310 e. The van der Waals surface area contributed by atoms with Crippen LogP contribution >= 0.6 is 15.9 Å². The van der Waals surface area contributed by atoms with Crippen molar-refractivity contribution >= 4 is 33.8 Å². The van der Waals surface area contributed by atoms with E-state index in [9.17, 15) is 9.59 Å². The van der Waals surface area contributed by atoms with Crippen molar-refractivity contribution in [1.29, 1.82) is 0 Å². The Balaban J connectivity index is 2.37. The lowest BCUT2D eigenvalue weighted by molar-refractivity contribution is -0.117. The molecule has 1 unspecified atom stereocenters. The van der Waals surface area contributed by atoms with Crippen LogP contribution in [0.5, 0.6) is 0 Å². The van der Waals surface area contributed by atoms with Gasteiger partial charge in [0.05, 0.1) is 11.3 Å². The number of nitrogens with zero attached hydrogens (tertiary/aromatic N) is 2. The highest BCUT2D eigenvalue weighted by molar-refractivity contribution is 9.09. The molecule has 0 N–H and O–H groups in total. The van der Waals surface area contributed by atoms with Crippen LogP contribution in [0.2, 0.25) is 0 Å². The Hall–Kier alpha value is -1.23.